The summed E-state index contributed by atoms with van der Waals surface area (Å²) in [7, 11) is 0. The molecule has 3 aliphatic carbocycles. The second-order valence-corrected chi connectivity index (χ2v) is 11.4. The van der Waals surface area contributed by atoms with Crippen LogP contribution in [0.15, 0.2) is 49.1 Å². The summed E-state index contributed by atoms with van der Waals surface area (Å²) >= 11 is 0. The van der Waals surface area contributed by atoms with Crippen molar-refractivity contribution in [2.45, 2.75) is 65.3 Å². The Labute approximate surface area is 198 Å². The third-order valence-electron chi connectivity index (χ3n) is 10.0. The zero-order chi connectivity index (χ0) is 23.4. The Kier molecular flexibility index (Phi) is 5.54. The summed E-state index contributed by atoms with van der Waals surface area (Å²) in [5.41, 5.74) is 2.13. The van der Waals surface area contributed by atoms with Gasteiger partial charge >= 0.3 is 0 Å². The third-order valence-corrected chi connectivity index (χ3v) is 10.0. The average molecular weight is 447 g/mol. The highest BCUT2D eigenvalue weighted by Gasteiger charge is 2.61. The Morgan fingerprint density at radius 3 is 2.70 bits per heavy atom. The fraction of sp³-hybridized carbons (Fsp3) is 0.586. The van der Waals surface area contributed by atoms with Crippen molar-refractivity contribution in [3.05, 3.63) is 54.6 Å². The van der Waals surface area contributed by atoms with Crippen LogP contribution in [0.1, 0.15) is 57.9 Å². The lowest BCUT2D eigenvalue weighted by Crippen LogP contribution is -2.60. The van der Waals surface area contributed by atoms with Gasteiger partial charge in [0.15, 0.2) is 0 Å². The first kappa shape index (κ1) is 22.4. The second-order valence-electron chi connectivity index (χ2n) is 11.4. The van der Waals surface area contributed by atoms with E-state index in [-0.39, 0.29) is 34.6 Å². The van der Waals surface area contributed by atoms with Crippen molar-refractivity contribution in [1.82, 2.24) is 4.90 Å². The minimum atomic E-state index is 0.0165. The van der Waals surface area contributed by atoms with Gasteiger partial charge in [-0.15, -0.1) is 6.58 Å². The second kappa shape index (κ2) is 8.14. The highest BCUT2D eigenvalue weighted by Crippen LogP contribution is 2.65. The summed E-state index contributed by atoms with van der Waals surface area (Å²) in [4.78, 5) is 28.1. The SMILES string of the molecule is C=CCN1C(=O)C=C[C@]2(C)[C@H]3CC[C@]4(C)[C@@H](C(=O)Nc5ccccc5C)CC[C@H]4[C@@H]3CC[C@@H]12. The number of nitrogens with zero attached hydrogens (tertiary/aromatic N) is 1. The topological polar surface area (TPSA) is 49.4 Å². The van der Waals surface area contributed by atoms with Crippen LogP contribution in [0.25, 0.3) is 0 Å². The molecule has 0 bridgehead atoms. The van der Waals surface area contributed by atoms with Gasteiger partial charge in [0, 0.05) is 29.6 Å². The number of para-hydroxylation sites is 1. The first-order valence-corrected chi connectivity index (χ1v) is 12.8. The summed E-state index contributed by atoms with van der Waals surface area (Å²) in [5, 5.41) is 3.26. The number of fused-ring (bicyclic) bond motifs is 5. The van der Waals surface area contributed by atoms with E-state index in [0.29, 0.717) is 24.3 Å². The van der Waals surface area contributed by atoms with Crippen LogP contribution in [0, 0.1) is 41.4 Å². The number of nitrogens with one attached hydrogen (secondary N) is 1. The number of amides is 2. The molecule has 7 atom stereocenters. The van der Waals surface area contributed by atoms with Crippen LogP contribution in [0.4, 0.5) is 5.69 Å². The van der Waals surface area contributed by atoms with Crippen LogP contribution in [0.2, 0.25) is 0 Å². The first-order valence-electron chi connectivity index (χ1n) is 12.8. The van der Waals surface area contributed by atoms with Crippen molar-refractivity contribution in [2.24, 2.45) is 34.5 Å². The number of hydrogen-bond acceptors (Lipinski definition) is 2. The summed E-state index contributed by atoms with van der Waals surface area (Å²) in [6.45, 7) is 11.3. The monoisotopic (exact) mass is 446 g/mol. The predicted octanol–water partition coefficient (Wildman–Crippen LogP) is 5.75. The molecular weight excluding hydrogens is 408 g/mol. The van der Waals surface area contributed by atoms with E-state index in [1.54, 1.807) is 0 Å². The Bertz CT molecular complexity index is 999. The molecule has 4 aliphatic rings. The molecule has 0 saturated heterocycles. The molecule has 0 spiro atoms. The molecule has 0 aromatic heterocycles. The summed E-state index contributed by atoms with van der Waals surface area (Å²) in [5.74, 6) is 2.20. The van der Waals surface area contributed by atoms with Gasteiger partial charge in [0.25, 0.3) is 0 Å². The lowest BCUT2D eigenvalue weighted by atomic mass is 9.47. The third kappa shape index (κ3) is 3.40. The molecule has 1 aromatic rings. The predicted molar refractivity (Wildman–Crippen MR) is 133 cm³/mol. The maximum Gasteiger partial charge on any atom is 0.246 e. The zero-order valence-corrected chi connectivity index (χ0v) is 20.3. The molecule has 3 saturated carbocycles. The van der Waals surface area contributed by atoms with Crippen LogP contribution in [-0.2, 0) is 9.59 Å². The van der Waals surface area contributed by atoms with Gasteiger partial charge in [0.1, 0.15) is 0 Å². The highest BCUT2D eigenvalue weighted by atomic mass is 16.2. The minimum absolute atomic E-state index is 0.0165. The summed E-state index contributed by atoms with van der Waals surface area (Å²) < 4.78 is 0. The molecule has 5 rings (SSSR count). The van der Waals surface area contributed by atoms with Crippen molar-refractivity contribution >= 4 is 17.5 Å². The number of benzene rings is 1. The molecule has 4 nitrogen and oxygen atoms in total. The molecule has 3 fully saturated rings. The quantitative estimate of drug-likeness (QED) is 0.599. The van der Waals surface area contributed by atoms with E-state index in [0.717, 1.165) is 49.8 Å². The average Bonchev–Trinajstić information content (AvgIpc) is 3.15. The van der Waals surface area contributed by atoms with Crippen LogP contribution < -0.4 is 5.32 Å². The molecule has 1 aromatic carbocycles. The van der Waals surface area contributed by atoms with E-state index in [9.17, 15) is 9.59 Å². The number of anilines is 1. The van der Waals surface area contributed by atoms with Crippen molar-refractivity contribution < 1.29 is 9.59 Å². The molecule has 176 valence electrons. The Balaban J connectivity index is 1.38. The van der Waals surface area contributed by atoms with E-state index in [4.69, 9.17) is 0 Å². The number of carbonyl (C=O) groups excluding carboxylic acids is 2. The number of aryl methyl sites for hydroxylation is 1. The van der Waals surface area contributed by atoms with Crippen LogP contribution >= 0.6 is 0 Å². The van der Waals surface area contributed by atoms with Gasteiger partial charge in [-0.3, -0.25) is 9.59 Å². The first-order chi connectivity index (χ1) is 15.8. The largest absolute Gasteiger partial charge is 0.332 e. The number of rotatable bonds is 4. The van der Waals surface area contributed by atoms with Gasteiger partial charge in [-0.2, -0.15) is 0 Å². The lowest BCUT2D eigenvalue weighted by molar-refractivity contribution is -0.142. The van der Waals surface area contributed by atoms with Crippen molar-refractivity contribution in [2.75, 3.05) is 11.9 Å². The van der Waals surface area contributed by atoms with Gasteiger partial charge in [-0.25, -0.2) is 0 Å². The molecule has 0 unspecified atom stereocenters. The van der Waals surface area contributed by atoms with Gasteiger partial charge < -0.3 is 10.2 Å². The molecule has 1 heterocycles. The van der Waals surface area contributed by atoms with Crippen LogP contribution in [-0.4, -0.2) is 29.3 Å². The summed E-state index contributed by atoms with van der Waals surface area (Å²) in [6.07, 6.45) is 12.5. The van der Waals surface area contributed by atoms with Crippen molar-refractivity contribution in [3.63, 3.8) is 0 Å². The number of carbonyl (C=O) groups is 2. The Morgan fingerprint density at radius 2 is 1.94 bits per heavy atom. The molecule has 1 aliphatic heterocycles. The van der Waals surface area contributed by atoms with E-state index in [2.05, 4.69) is 44.8 Å². The molecule has 1 N–H and O–H groups in total. The van der Waals surface area contributed by atoms with E-state index in [1.165, 1.54) is 0 Å². The number of hydrogen-bond donors (Lipinski definition) is 1. The highest BCUT2D eigenvalue weighted by molar-refractivity contribution is 5.94. The van der Waals surface area contributed by atoms with E-state index < -0.39 is 0 Å². The summed E-state index contributed by atoms with van der Waals surface area (Å²) in [6, 6.07) is 8.33. The molecular formula is C29H38N2O2. The van der Waals surface area contributed by atoms with Crippen molar-refractivity contribution in [1.29, 1.82) is 0 Å². The molecule has 2 amide bonds. The van der Waals surface area contributed by atoms with Gasteiger partial charge in [-0.1, -0.05) is 44.2 Å². The Hall–Kier alpha value is -2.36. The maximum atomic E-state index is 13.5. The normalized spacial score (nSPS) is 39.4. The fourth-order valence-electron chi connectivity index (χ4n) is 8.32. The van der Waals surface area contributed by atoms with Gasteiger partial charge in [-0.05, 0) is 86.3 Å². The lowest BCUT2D eigenvalue weighted by Gasteiger charge is -2.60. The molecule has 33 heavy (non-hydrogen) atoms. The zero-order valence-electron chi connectivity index (χ0n) is 20.3. The Morgan fingerprint density at radius 1 is 1.15 bits per heavy atom. The minimum Gasteiger partial charge on any atom is -0.332 e. The van der Waals surface area contributed by atoms with Gasteiger partial charge in [0.2, 0.25) is 11.8 Å². The van der Waals surface area contributed by atoms with E-state index in [1.807, 2.05) is 35.3 Å². The van der Waals surface area contributed by atoms with Crippen molar-refractivity contribution in [3.8, 4) is 0 Å². The van der Waals surface area contributed by atoms with Gasteiger partial charge in [0.05, 0.1) is 0 Å². The smallest absolute Gasteiger partial charge is 0.246 e. The maximum absolute atomic E-state index is 13.5. The molecule has 4 heteroatoms. The van der Waals surface area contributed by atoms with E-state index >= 15 is 0 Å². The standard InChI is InChI=1S/C29H38N2O2/c1-5-18-31-25-13-10-20-21-11-12-23(27(33)30-24-9-7-6-8-19(24)2)28(21,3)16-14-22(20)29(25,4)17-15-26(31)32/h5-9,15,17,20-23,25H,1,10-14,16,18H2,2-4H3,(H,30,33)/t20-,21-,22-,23+,25+,28-,29+/m0/s1. The van der Waals surface area contributed by atoms with Crippen LogP contribution in [0.3, 0.4) is 0 Å². The fourth-order valence-corrected chi connectivity index (χ4v) is 8.32. The van der Waals surface area contributed by atoms with Crippen LogP contribution in [0.5, 0.6) is 0 Å². The molecule has 0 radical (unpaired) electrons.